The molecule has 0 fully saturated rings. The van der Waals surface area contributed by atoms with Crippen LogP contribution in [0.3, 0.4) is 0 Å². The molecule has 7 nitrogen and oxygen atoms in total. The van der Waals surface area contributed by atoms with Crippen molar-refractivity contribution in [1.82, 2.24) is 19.4 Å². The van der Waals surface area contributed by atoms with Gasteiger partial charge in [-0.05, 0) is 37.5 Å². The summed E-state index contributed by atoms with van der Waals surface area (Å²) in [5.41, 5.74) is 11.1. The normalized spacial score (nSPS) is 21.8. The average molecular weight is 365 g/mol. The Morgan fingerprint density at radius 1 is 1.37 bits per heavy atom. The third-order valence-corrected chi connectivity index (χ3v) is 5.71. The Morgan fingerprint density at radius 2 is 2.22 bits per heavy atom. The minimum absolute atomic E-state index is 0.164. The van der Waals surface area contributed by atoms with Gasteiger partial charge in [0.1, 0.15) is 17.3 Å². The van der Waals surface area contributed by atoms with Gasteiger partial charge in [0.15, 0.2) is 5.82 Å². The van der Waals surface area contributed by atoms with Crippen LogP contribution >= 0.6 is 0 Å². The molecule has 2 N–H and O–H groups in total. The smallest absolute Gasteiger partial charge is 0.171 e. The zero-order chi connectivity index (χ0) is 18.7. The van der Waals surface area contributed by atoms with Gasteiger partial charge in [-0.2, -0.15) is 15.5 Å². The van der Waals surface area contributed by atoms with Crippen LogP contribution in [0.2, 0.25) is 0 Å². The predicted molar refractivity (Wildman–Crippen MR) is 97.9 cm³/mol. The first-order chi connectivity index (χ1) is 13.1. The maximum atomic E-state index is 14.5. The summed E-state index contributed by atoms with van der Waals surface area (Å²) in [6.07, 6.45) is 3.90. The van der Waals surface area contributed by atoms with E-state index in [2.05, 4.69) is 27.7 Å². The number of nitriles is 1. The molecule has 27 heavy (non-hydrogen) atoms. The minimum atomic E-state index is -0.415. The van der Waals surface area contributed by atoms with E-state index in [1.807, 2.05) is 6.07 Å². The third kappa shape index (κ3) is 2.35. The summed E-state index contributed by atoms with van der Waals surface area (Å²) < 4.78 is 18.0. The lowest BCUT2D eigenvalue weighted by molar-refractivity contribution is 0.423. The lowest BCUT2D eigenvalue weighted by Gasteiger charge is -2.34. The fraction of sp³-hybridized carbons (Fsp3) is 0.421. The van der Waals surface area contributed by atoms with Gasteiger partial charge in [0.2, 0.25) is 0 Å². The molecule has 0 radical (unpaired) electrons. The summed E-state index contributed by atoms with van der Waals surface area (Å²) in [6, 6.07) is 5.93. The van der Waals surface area contributed by atoms with Crippen molar-refractivity contribution in [3.05, 3.63) is 46.8 Å². The number of halogens is 1. The second-order valence-corrected chi connectivity index (χ2v) is 7.52. The number of fused-ring (bicyclic) bond motifs is 4. The van der Waals surface area contributed by atoms with Crippen molar-refractivity contribution in [3.63, 3.8) is 0 Å². The number of aromatic nitrogens is 4. The van der Waals surface area contributed by atoms with Gasteiger partial charge in [-0.25, -0.2) is 8.91 Å². The first-order valence-electron chi connectivity index (χ1n) is 9.22. The number of anilines is 1. The lowest BCUT2D eigenvalue weighted by atomic mass is 9.92. The average Bonchev–Trinajstić information content (AvgIpc) is 3.22. The zero-order valence-corrected chi connectivity index (χ0v) is 15.1. The molecule has 0 amide bonds. The van der Waals surface area contributed by atoms with Crippen molar-refractivity contribution < 1.29 is 4.39 Å². The zero-order valence-electron chi connectivity index (χ0n) is 15.1. The molecule has 1 unspecified atom stereocenters. The van der Waals surface area contributed by atoms with Crippen LogP contribution in [0.15, 0.2) is 18.3 Å². The highest BCUT2D eigenvalue weighted by Crippen LogP contribution is 2.34. The number of rotatable bonds is 1. The van der Waals surface area contributed by atoms with E-state index in [4.69, 9.17) is 10.8 Å². The van der Waals surface area contributed by atoms with Crippen molar-refractivity contribution in [2.75, 3.05) is 11.4 Å². The summed E-state index contributed by atoms with van der Waals surface area (Å²) in [5.74, 6) is -0.415. The molecule has 2 aliphatic rings. The third-order valence-electron chi connectivity index (χ3n) is 5.71. The fourth-order valence-electron chi connectivity index (χ4n) is 4.44. The van der Waals surface area contributed by atoms with Crippen molar-refractivity contribution in [3.8, 4) is 6.07 Å². The van der Waals surface area contributed by atoms with E-state index >= 15 is 0 Å². The van der Waals surface area contributed by atoms with Gasteiger partial charge in [0.25, 0.3) is 0 Å². The molecule has 0 saturated carbocycles. The molecule has 0 bridgehead atoms. The summed E-state index contributed by atoms with van der Waals surface area (Å²) in [4.78, 5) is 2.16. The number of hydrogen-bond donors (Lipinski definition) is 1. The summed E-state index contributed by atoms with van der Waals surface area (Å²) in [7, 11) is 0. The SMILES string of the molecule is C[C@@H]1CN(c2ccc(C#N)n3ncc(F)c23)Cc2c3c(nn21)CC(N)CC3. The van der Waals surface area contributed by atoms with Gasteiger partial charge >= 0.3 is 0 Å². The molecular weight excluding hydrogens is 345 g/mol. The Bertz CT molecular complexity index is 1090. The molecule has 3 aromatic heterocycles. The van der Waals surface area contributed by atoms with E-state index in [0.717, 1.165) is 30.6 Å². The maximum Gasteiger partial charge on any atom is 0.171 e. The molecule has 138 valence electrons. The van der Waals surface area contributed by atoms with Crippen LogP contribution in [-0.2, 0) is 19.4 Å². The molecule has 1 aliphatic heterocycles. The van der Waals surface area contributed by atoms with Crippen LogP contribution in [0.4, 0.5) is 10.1 Å². The summed E-state index contributed by atoms with van der Waals surface area (Å²) >= 11 is 0. The highest BCUT2D eigenvalue weighted by Gasteiger charge is 2.32. The van der Waals surface area contributed by atoms with Crippen LogP contribution in [0, 0.1) is 17.1 Å². The molecule has 8 heteroatoms. The molecule has 5 rings (SSSR count). The van der Waals surface area contributed by atoms with Gasteiger partial charge < -0.3 is 10.6 Å². The number of nitrogens with zero attached hydrogens (tertiary/aromatic N) is 6. The largest absolute Gasteiger partial charge is 0.362 e. The Labute approximate surface area is 155 Å². The Morgan fingerprint density at radius 3 is 3.04 bits per heavy atom. The van der Waals surface area contributed by atoms with E-state index < -0.39 is 5.82 Å². The molecule has 0 spiro atoms. The Hall–Kier alpha value is -2.92. The molecule has 2 atom stereocenters. The summed E-state index contributed by atoms with van der Waals surface area (Å²) in [5, 5.41) is 18.1. The Balaban J connectivity index is 1.61. The second kappa shape index (κ2) is 5.79. The van der Waals surface area contributed by atoms with Crippen LogP contribution < -0.4 is 10.6 Å². The number of nitrogens with two attached hydrogens (primary N) is 1. The molecule has 1 aliphatic carbocycles. The van der Waals surface area contributed by atoms with E-state index in [1.54, 1.807) is 6.07 Å². The van der Waals surface area contributed by atoms with Crippen molar-refractivity contribution in [2.24, 2.45) is 5.73 Å². The predicted octanol–water partition coefficient (Wildman–Crippen LogP) is 1.94. The van der Waals surface area contributed by atoms with Crippen molar-refractivity contribution in [1.29, 1.82) is 5.26 Å². The van der Waals surface area contributed by atoms with Crippen LogP contribution in [0.25, 0.3) is 5.52 Å². The minimum Gasteiger partial charge on any atom is -0.362 e. The molecule has 0 saturated heterocycles. The fourth-order valence-corrected chi connectivity index (χ4v) is 4.44. The molecule has 4 heterocycles. The number of pyridine rings is 1. The first kappa shape index (κ1) is 16.3. The summed E-state index contributed by atoms with van der Waals surface area (Å²) in [6.45, 7) is 3.50. The molecule has 0 aromatic carbocycles. The van der Waals surface area contributed by atoms with E-state index in [-0.39, 0.29) is 12.1 Å². The van der Waals surface area contributed by atoms with Gasteiger partial charge in [-0.3, -0.25) is 4.68 Å². The lowest BCUT2D eigenvalue weighted by Crippen LogP contribution is -2.37. The maximum absolute atomic E-state index is 14.5. The van der Waals surface area contributed by atoms with E-state index in [9.17, 15) is 9.65 Å². The number of hydrogen-bond acceptors (Lipinski definition) is 5. The van der Waals surface area contributed by atoms with E-state index in [0.29, 0.717) is 24.3 Å². The quantitative estimate of drug-likeness (QED) is 0.712. The molecular formula is C19H20FN7. The monoisotopic (exact) mass is 365 g/mol. The van der Waals surface area contributed by atoms with Crippen LogP contribution in [-0.4, -0.2) is 32.0 Å². The van der Waals surface area contributed by atoms with Crippen LogP contribution in [0.5, 0.6) is 0 Å². The highest BCUT2D eigenvalue weighted by molar-refractivity contribution is 5.75. The van der Waals surface area contributed by atoms with Crippen LogP contribution in [0.1, 0.15) is 42.0 Å². The topological polar surface area (TPSA) is 88.2 Å². The standard InChI is InChI=1S/C19H20FN7/c1-11-9-25(10-18-14-4-2-12(22)6-16(14)24-26(11)18)17-5-3-13(7-21)27-19(17)15(20)8-23-27/h3,5,8,11-12H,2,4,6,9-10,22H2,1H3/t11-,12?/m1/s1. The van der Waals surface area contributed by atoms with Crippen molar-refractivity contribution >= 4 is 11.2 Å². The van der Waals surface area contributed by atoms with Gasteiger partial charge in [0.05, 0.1) is 35.9 Å². The van der Waals surface area contributed by atoms with Crippen molar-refractivity contribution in [2.45, 2.75) is 44.8 Å². The first-order valence-corrected chi connectivity index (χ1v) is 9.22. The van der Waals surface area contributed by atoms with Gasteiger partial charge in [0, 0.05) is 19.0 Å². The Kier molecular flexibility index (Phi) is 3.49. The van der Waals surface area contributed by atoms with E-state index in [1.165, 1.54) is 22.0 Å². The molecule has 3 aromatic rings. The highest BCUT2D eigenvalue weighted by atomic mass is 19.1. The van der Waals surface area contributed by atoms with Gasteiger partial charge in [-0.1, -0.05) is 0 Å². The van der Waals surface area contributed by atoms with Gasteiger partial charge in [-0.15, -0.1) is 0 Å². The second-order valence-electron chi connectivity index (χ2n) is 7.52.